The summed E-state index contributed by atoms with van der Waals surface area (Å²) in [5.41, 5.74) is 1.53. The molecule has 0 spiro atoms. The van der Waals surface area contributed by atoms with Gasteiger partial charge in [0.15, 0.2) is 0 Å². The molecule has 0 atom stereocenters. The number of imidazole rings is 1. The first-order valence-corrected chi connectivity index (χ1v) is 6.25. The molecule has 19 heavy (non-hydrogen) atoms. The number of aromatic nitrogens is 2. The molecule has 0 aliphatic carbocycles. The van der Waals surface area contributed by atoms with Crippen LogP contribution in [0.5, 0.6) is 0 Å². The number of H-pyrrole nitrogens is 1. The van der Waals surface area contributed by atoms with Crippen molar-refractivity contribution >= 4 is 17.0 Å². The van der Waals surface area contributed by atoms with E-state index in [1.807, 2.05) is 6.07 Å². The van der Waals surface area contributed by atoms with E-state index in [1.54, 1.807) is 12.1 Å². The van der Waals surface area contributed by atoms with Gasteiger partial charge < -0.3 is 14.8 Å². The Kier molecular flexibility index (Phi) is 3.18. The van der Waals surface area contributed by atoms with Gasteiger partial charge in [-0.1, -0.05) is 6.07 Å². The minimum atomic E-state index is -0.949. The van der Waals surface area contributed by atoms with E-state index in [2.05, 4.69) is 14.9 Å². The molecule has 6 heteroatoms. The third kappa shape index (κ3) is 2.45. The number of aromatic carboxylic acids is 1. The first-order chi connectivity index (χ1) is 9.24. The molecule has 2 aromatic rings. The summed E-state index contributed by atoms with van der Waals surface area (Å²) in [5.74, 6) is -0.152. The Morgan fingerprint density at radius 1 is 1.42 bits per heavy atom. The number of hydrogen-bond acceptors (Lipinski definition) is 4. The number of nitrogens with one attached hydrogen (secondary N) is 1. The summed E-state index contributed by atoms with van der Waals surface area (Å²) < 4.78 is 5.30. The van der Waals surface area contributed by atoms with Crippen molar-refractivity contribution in [1.29, 1.82) is 0 Å². The van der Waals surface area contributed by atoms with Crippen LogP contribution in [0.4, 0.5) is 0 Å². The van der Waals surface area contributed by atoms with Crippen LogP contribution in [0.25, 0.3) is 11.0 Å². The van der Waals surface area contributed by atoms with Crippen LogP contribution in [0.3, 0.4) is 0 Å². The van der Waals surface area contributed by atoms with E-state index < -0.39 is 5.97 Å². The number of carbonyl (C=O) groups is 1. The molecule has 2 N–H and O–H groups in total. The SMILES string of the molecule is O=C(O)c1cccc2[nH]c(CN3CCOCC3)nc12. The highest BCUT2D eigenvalue weighted by molar-refractivity contribution is 6.00. The smallest absolute Gasteiger partial charge is 0.337 e. The Morgan fingerprint density at radius 3 is 2.95 bits per heavy atom. The van der Waals surface area contributed by atoms with E-state index >= 15 is 0 Å². The van der Waals surface area contributed by atoms with Crippen LogP contribution < -0.4 is 0 Å². The van der Waals surface area contributed by atoms with Crippen LogP contribution >= 0.6 is 0 Å². The van der Waals surface area contributed by atoms with Gasteiger partial charge in [0, 0.05) is 13.1 Å². The topological polar surface area (TPSA) is 78.5 Å². The molecular weight excluding hydrogens is 246 g/mol. The van der Waals surface area contributed by atoms with E-state index in [4.69, 9.17) is 9.84 Å². The van der Waals surface area contributed by atoms with Gasteiger partial charge in [-0.2, -0.15) is 0 Å². The Labute approximate surface area is 110 Å². The molecule has 1 fully saturated rings. The highest BCUT2D eigenvalue weighted by Crippen LogP contribution is 2.17. The number of para-hydroxylation sites is 1. The number of hydrogen-bond donors (Lipinski definition) is 2. The van der Waals surface area contributed by atoms with Crippen LogP contribution in [-0.4, -0.2) is 52.2 Å². The summed E-state index contributed by atoms with van der Waals surface area (Å²) >= 11 is 0. The minimum Gasteiger partial charge on any atom is -0.478 e. The van der Waals surface area contributed by atoms with Crippen molar-refractivity contribution < 1.29 is 14.6 Å². The summed E-state index contributed by atoms with van der Waals surface area (Å²) in [5, 5.41) is 9.13. The van der Waals surface area contributed by atoms with Crippen molar-refractivity contribution in [3.8, 4) is 0 Å². The largest absolute Gasteiger partial charge is 0.478 e. The van der Waals surface area contributed by atoms with E-state index in [0.29, 0.717) is 12.1 Å². The molecule has 0 saturated carbocycles. The van der Waals surface area contributed by atoms with Gasteiger partial charge in [-0.15, -0.1) is 0 Å². The standard InChI is InChI=1S/C13H15N3O3/c17-13(18)9-2-1-3-10-12(9)15-11(14-10)8-16-4-6-19-7-5-16/h1-3H,4-8H2,(H,14,15)(H,17,18). The van der Waals surface area contributed by atoms with Crippen LogP contribution in [-0.2, 0) is 11.3 Å². The van der Waals surface area contributed by atoms with Crippen LogP contribution in [0.15, 0.2) is 18.2 Å². The molecule has 0 bridgehead atoms. The zero-order valence-corrected chi connectivity index (χ0v) is 10.4. The first kappa shape index (κ1) is 12.1. The molecule has 1 saturated heterocycles. The second-order valence-electron chi connectivity index (χ2n) is 4.58. The van der Waals surface area contributed by atoms with Gasteiger partial charge in [-0.05, 0) is 12.1 Å². The molecule has 1 aromatic heterocycles. The molecule has 6 nitrogen and oxygen atoms in total. The minimum absolute atomic E-state index is 0.238. The van der Waals surface area contributed by atoms with Crippen molar-refractivity contribution in [3.05, 3.63) is 29.6 Å². The number of aromatic amines is 1. The fraction of sp³-hybridized carbons (Fsp3) is 0.385. The molecular formula is C13H15N3O3. The average molecular weight is 261 g/mol. The van der Waals surface area contributed by atoms with E-state index in [9.17, 15) is 4.79 Å². The van der Waals surface area contributed by atoms with Gasteiger partial charge in [0.2, 0.25) is 0 Å². The lowest BCUT2D eigenvalue weighted by atomic mass is 10.2. The Balaban J connectivity index is 1.88. The van der Waals surface area contributed by atoms with E-state index in [0.717, 1.165) is 37.6 Å². The van der Waals surface area contributed by atoms with Crippen molar-refractivity contribution in [3.63, 3.8) is 0 Å². The summed E-state index contributed by atoms with van der Waals surface area (Å²) in [7, 11) is 0. The van der Waals surface area contributed by atoms with Gasteiger partial charge in [0.25, 0.3) is 0 Å². The number of carboxylic acids is 1. The number of rotatable bonds is 3. The maximum Gasteiger partial charge on any atom is 0.337 e. The number of nitrogens with zero attached hydrogens (tertiary/aromatic N) is 2. The third-order valence-electron chi connectivity index (χ3n) is 3.27. The maximum atomic E-state index is 11.1. The van der Waals surface area contributed by atoms with E-state index in [-0.39, 0.29) is 5.56 Å². The fourth-order valence-corrected chi connectivity index (χ4v) is 2.30. The van der Waals surface area contributed by atoms with Gasteiger partial charge >= 0.3 is 5.97 Å². The quantitative estimate of drug-likeness (QED) is 0.864. The highest BCUT2D eigenvalue weighted by atomic mass is 16.5. The second kappa shape index (κ2) is 4.99. The molecule has 100 valence electrons. The monoisotopic (exact) mass is 261 g/mol. The number of benzene rings is 1. The van der Waals surface area contributed by atoms with Gasteiger partial charge in [-0.25, -0.2) is 9.78 Å². The number of carboxylic acid groups (broad SMARTS) is 1. The predicted octanol–water partition coefficient (Wildman–Crippen LogP) is 1.09. The number of fused-ring (bicyclic) bond motifs is 1. The highest BCUT2D eigenvalue weighted by Gasteiger charge is 2.15. The summed E-state index contributed by atoms with van der Waals surface area (Å²) in [6.45, 7) is 3.92. The zero-order valence-electron chi connectivity index (χ0n) is 10.4. The molecule has 0 unspecified atom stereocenters. The summed E-state index contributed by atoms with van der Waals surface area (Å²) in [4.78, 5) is 21.0. The van der Waals surface area contributed by atoms with Crippen molar-refractivity contribution in [2.24, 2.45) is 0 Å². The van der Waals surface area contributed by atoms with E-state index in [1.165, 1.54) is 0 Å². The third-order valence-corrected chi connectivity index (χ3v) is 3.27. The number of morpholine rings is 1. The molecule has 2 heterocycles. The van der Waals surface area contributed by atoms with Gasteiger partial charge in [-0.3, -0.25) is 4.90 Å². The van der Waals surface area contributed by atoms with Crippen LogP contribution in [0.1, 0.15) is 16.2 Å². The maximum absolute atomic E-state index is 11.1. The van der Waals surface area contributed by atoms with Crippen LogP contribution in [0, 0.1) is 0 Å². The van der Waals surface area contributed by atoms with Crippen LogP contribution in [0.2, 0.25) is 0 Å². The van der Waals surface area contributed by atoms with Gasteiger partial charge in [0.05, 0.1) is 30.8 Å². The van der Waals surface area contributed by atoms with Crippen molar-refractivity contribution in [2.45, 2.75) is 6.54 Å². The van der Waals surface area contributed by atoms with Crippen molar-refractivity contribution in [1.82, 2.24) is 14.9 Å². The Hall–Kier alpha value is -1.92. The molecule has 1 aliphatic heterocycles. The fourth-order valence-electron chi connectivity index (χ4n) is 2.30. The zero-order chi connectivity index (χ0) is 13.2. The number of ether oxygens (including phenoxy) is 1. The predicted molar refractivity (Wildman–Crippen MR) is 69.1 cm³/mol. The summed E-state index contributed by atoms with van der Waals surface area (Å²) in [6.07, 6.45) is 0. The molecule has 1 aromatic carbocycles. The molecule has 0 radical (unpaired) electrons. The lowest BCUT2D eigenvalue weighted by molar-refractivity contribution is 0.0332. The molecule has 3 rings (SSSR count). The first-order valence-electron chi connectivity index (χ1n) is 6.25. The Morgan fingerprint density at radius 2 is 2.21 bits per heavy atom. The lowest BCUT2D eigenvalue weighted by Crippen LogP contribution is -2.35. The molecule has 1 aliphatic rings. The second-order valence-corrected chi connectivity index (χ2v) is 4.58. The van der Waals surface area contributed by atoms with Crippen molar-refractivity contribution in [2.75, 3.05) is 26.3 Å². The normalized spacial score (nSPS) is 16.8. The Bertz CT molecular complexity index is 602. The lowest BCUT2D eigenvalue weighted by Gasteiger charge is -2.25. The summed E-state index contributed by atoms with van der Waals surface area (Å²) in [6, 6.07) is 5.14. The van der Waals surface area contributed by atoms with Gasteiger partial charge in [0.1, 0.15) is 11.3 Å². The average Bonchev–Trinajstić information content (AvgIpc) is 2.81. The molecule has 0 amide bonds.